The summed E-state index contributed by atoms with van der Waals surface area (Å²) in [5.41, 5.74) is 0.518. The average molecular weight is 304 g/mol. The van der Waals surface area contributed by atoms with Crippen molar-refractivity contribution in [2.24, 2.45) is 5.92 Å². The Morgan fingerprint density at radius 2 is 1.91 bits per heavy atom. The molecule has 1 aromatic carbocycles. The first-order chi connectivity index (χ1) is 10.6. The number of esters is 2. The molecule has 1 N–H and O–H groups in total. The van der Waals surface area contributed by atoms with Crippen molar-refractivity contribution in [2.75, 3.05) is 14.2 Å². The van der Waals surface area contributed by atoms with Crippen molar-refractivity contribution in [1.82, 2.24) is 0 Å². The van der Waals surface area contributed by atoms with Gasteiger partial charge in [-0.05, 0) is 12.1 Å². The van der Waals surface area contributed by atoms with Gasteiger partial charge in [0.15, 0.2) is 0 Å². The number of carbonyl (C=O) groups is 2. The number of quaternary nitrogens is 1. The van der Waals surface area contributed by atoms with Gasteiger partial charge in [0.1, 0.15) is 18.1 Å². The standard InChI is InChI=1S/C17H21NO4/c1-18-12-8-9-13(18)15(17(20)21-2)14(10-12)22-16(19)11-6-4-3-5-7-11/h3-7,12-15H,8-10H2,1-2H3/p+1/t12?,13?,14?,15-/m1/s1. The zero-order valence-corrected chi connectivity index (χ0v) is 13.0. The number of benzene rings is 1. The minimum Gasteiger partial charge on any atom is -0.469 e. The molecule has 2 aliphatic rings. The number of methoxy groups -OCH3 is 1. The maximum atomic E-state index is 12.3. The van der Waals surface area contributed by atoms with E-state index in [4.69, 9.17) is 9.47 Å². The molecule has 22 heavy (non-hydrogen) atoms. The summed E-state index contributed by atoms with van der Waals surface area (Å²) in [6.07, 6.45) is 2.39. The number of carbonyl (C=O) groups excluding carboxylic acids is 2. The molecule has 2 bridgehead atoms. The van der Waals surface area contributed by atoms with E-state index >= 15 is 0 Å². The van der Waals surface area contributed by atoms with Gasteiger partial charge < -0.3 is 14.4 Å². The van der Waals surface area contributed by atoms with Crippen molar-refractivity contribution in [2.45, 2.75) is 37.5 Å². The van der Waals surface area contributed by atoms with Crippen LogP contribution >= 0.6 is 0 Å². The molecule has 2 heterocycles. The Hall–Kier alpha value is -1.88. The lowest BCUT2D eigenvalue weighted by Crippen LogP contribution is -3.16. The summed E-state index contributed by atoms with van der Waals surface area (Å²) in [7, 11) is 3.52. The zero-order chi connectivity index (χ0) is 15.7. The van der Waals surface area contributed by atoms with Crippen LogP contribution in [0.1, 0.15) is 29.6 Å². The van der Waals surface area contributed by atoms with Crippen molar-refractivity contribution < 1.29 is 24.0 Å². The van der Waals surface area contributed by atoms with E-state index in [2.05, 4.69) is 7.05 Å². The first-order valence-electron chi connectivity index (χ1n) is 7.79. The lowest BCUT2D eigenvalue weighted by Gasteiger charge is -2.38. The van der Waals surface area contributed by atoms with Crippen LogP contribution in [0.2, 0.25) is 0 Å². The summed E-state index contributed by atoms with van der Waals surface area (Å²) in [6.45, 7) is 0. The molecule has 0 saturated carbocycles. The first kappa shape index (κ1) is 15.0. The number of nitrogens with one attached hydrogen (secondary N) is 1. The van der Waals surface area contributed by atoms with Gasteiger partial charge in [-0.3, -0.25) is 4.79 Å². The third kappa shape index (κ3) is 2.61. The molecule has 1 aromatic rings. The highest BCUT2D eigenvalue weighted by Gasteiger charge is 2.54. The molecule has 118 valence electrons. The van der Waals surface area contributed by atoms with E-state index in [1.807, 2.05) is 6.07 Å². The summed E-state index contributed by atoms with van der Waals surface area (Å²) in [4.78, 5) is 25.9. The van der Waals surface area contributed by atoms with Crippen LogP contribution in [0, 0.1) is 5.92 Å². The van der Waals surface area contributed by atoms with Gasteiger partial charge >= 0.3 is 11.9 Å². The maximum absolute atomic E-state index is 12.3. The molecular weight excluding hydrogens is 282 g/mol. The Morgan fingerprint density at radius 1 is 1.18 bits per heavy atom. The largest absolute Gasteiger partial charge is 0.469 e. The van der Waals surface area contributed by atoms with Crippen LogP contribution in [-0.2, 0) is 14.3 Å². The van der Waals surface area contributed by atoms with Gasteiger partial charge in [-0.25, -0.2) is 4.79 Å². The molecule has 2 fully saturated rings. The molecule has 2 aliphatic heterocycles. The Bertz CT molecular complexity index is 559. The number of hydrogen-bond acceptors (Lipinski definition) is 4. The van der Waals surface area contributed by atoms with E-state index in [9.17, 15) is 9.59 Å². The topological polar surface area (TPSA) is 57.0 Å². The molecule has 0 amide bonds. The van der Waals surface area contributed by atoms with Gasteiger partial charge in [0.25, 0.3) is 0 Å². The lowest BCUT2D eigenvalue weighted by atomic mass is 9.87. The van der Waals surface area contributed by atoms with Crippen molar-refractivity contribution in [3.63, 3.8) is 0 Å². The van der Waals surface area contributed by atoms with Crippen molar-refractivity contribution in [3.8, 4) is 0 Å². The fraction of sp³-hybridized carbons (Fsp3) is 0.529. The molecule has 2 saturated heterocycles. The van der Waals surface area contributed by atoms with E-state index in [0.29, 0.717) is 11.6 Å². The first-order valence-corrected chi connectivity index (χ1v) is 7.79. The van der Waals surface area contributed by atoms with E-state index in [-0.39, 0.29) is 30.0 Å². The molecule has 0 aliphatic carbocycles. The summed E-state index contributed by atoms with van der Waals surface area (Å²) in [5, 5.41) is 0. The molecule has 4 unspecified atom stereocenters. The highest BCUT2D eigenvalue weighted by molar-refractivity contribution is 5.89. The second-order valence-corrected chi connectivity index (χ2v) is 6.22. The van der Waals surface area contributed by atoms with Crippen LogP contribution in [0.4, 0.5) is 0 Å². The smallest absolute Gasteiger partial charge is 0.338 e. The summed E-state index contributed by atoms with van der Waals surface area (Å²) >= 11 is 0. The Balaban J connectivity index is 1.79. The monoisotopic (exact) mass is 304 g/mol. The number of piperidine rings is 1. The zero-order valence-electron chi connectivity index (χ0n) is 13.0. The van der Waals surface area contributed by atoms with Crippen LogP contribution in [-0.4, -0.2) is 44.3 Å². The third-order valence-corrected chi connectivity index (χ3v) is 5.15. The Kier molecular flexibility index (Phi) is 4.16. The predicted octanol–water partition coefficient (Wildman–Crippen LogP) is 0.451. The second kappa shape index (κ2) is 6.08. The molecule has 0 aromatic heterocycles. The maximum Gasteiger partial charge on any atom is 0.338 e. The van der Waals surface area contributed by atoms with Gasteiger partial charge in [-0.1, -0.05) is 18.2 Å². The number of rotatable bonds is 3. The Morgan fingerprint density at radius 3 is 2.59 bits per heavy atom. The molecule has 0 spiro atoms. The highest BCUT2D eigenvalue weighted by atomic mass is 16.6. The van der Waals surface area contributed by atoms with E-state index in [0.717, 1.165) is 19.3 Å². The van der Waals surface area contributed by atoms with Crippen LogP contribution in [0.3, 0.4) is 0 Å². The van der Waals surface area contributed by atoms with Crippen molar-refractivity contribution in [3.05, 3.63) is 35.9 Å². The van der Waals surface area contributed by atoms with E-state index in [1.54, 1.807) is 24.3 Å². The molecule has 5 atom stereocenters. The summed E-state index contributed by atoms with van der Waals surface area (Å²) in [6, 6.07) is 9.55. The Labute approximate surface area is 130 Å². The van der Waals surface area contributed by atoms with Crippen molar-refractivity contribution in [1.29, 1.82) is 0 Å². The average Bonchev–Trinajstić information content (AvgIpc) is 2.78. The molecule has 0 radical (unpaired) electrons. The van der Waals surface area contributed by atoms with Crippen LogP contribution < -0.4 is 4.90 Å². The van der Waals surface area contributed by atoms with Gasteiger partial charge in [0.05, 0.1) is 25.8 Å². The SMILES string of the molecule is COC(=O)[C@H]1C(OC(=O)c2ccccc2)CC2CCC1[NH+]2C. The third-order valence-electron chi connectivity index (χ3n) is 5.15. The van der Waals surface area contributed by atoms with Crippen LogP contribution in [0.5, 0.6) is 0 Å². The quantitative estimate of drug-likeness (QED) is 0.824. The lowest BCUT2D eigenvalue weighted by molar-refractivity contribution is -0.926. The van der Waals surface area contributed by atoms with Crippen molar-refractivity contribution >= 4 is 11.9 Å². The number of ether oxygens (including phenoxy) is 2. The fourth-order valence-corrected chi connectivity index (χ4v) is 3.94. The highest BCUT2D eigenvalue weighted by Crippen LogP contribution is 2.31. The van der Waals surface area contributed by atoms with Gasteiger partial charge in [0, 0.05) is 19.3 Å². The molecule has 3 rings (SSSR count). The molecule has 5 nitrogen and oxygen atoms in total. The number of hydrogen-bond donors (Lipinski definition) is 1. The molecular formula is C17H22NO4+. The minimum atomic E-state index is -0.388. The summed E-state index contributed by atoms with van der Waals surface area (Å²) < 4.78 is 10.7. The predicted molar refractivity (Wildman–Crippen MR) is 79.5 cm³/mol. The fourth-order valence-electron chi connectivity index (χ4n) is 3.94. The van der Waals surface area contributed by atoms with Crippen LogP contribution in [0.25, 0.3) is 0 Å². The second-order valence-electron chi connectivity index (χ2n) is 6.22. The van der Waals surface area contributed by atoms with E-state index in [1.165, 1.54) is 12.0 Å². The minimum absolute atomic E-state index is 0.180. The van der Waals surface area contributed by atoms with E-state index < -0.39 is 0 Å². The van der Waals surface area contributed by atoms with Gasteiger partial charge in [-0.15, -0.1) is 0 Å². The van der Waals surface area contributed by atoms with Gasteiger partial charge in [0.2, 0.25) is 0 Å². The summed E-state index contributed by atoms with van der Waals surface area (Å²) in [5.74, 6) is -0.995. The number of fused-ring (bicyclic) bond motifs is 2. The van der Waals surface area contributed by atoms with Gasteiger partial charge in [-0.2, -0.15) is 0 Å². The van der Waals surface area contributed by atoms with Crippen LogP contribution in [0.15, 0.2) is 30.3 Å². The molecule has 5 heteroatoms. The normalized spacial score (nSPS) is 33.3.